The first-order chi connectivity index (χ1) is 11.0. The molecule has 0 bridgehead atoms. The second kappa shape index (κ2) is 6.31. The van der Waals surface area contributed by atoms with Crippen LogP contribution in [0.4, 0.5) is 0 Å². The van der Waals surface area contributed by atoms with Gasteiger partial charge in [0.25, 0.3) is 5.91 Å². The quantitative estimate of drug-likeness (QED) is 0.762. The molecule has 122 valence electrons. The fourth-order valence-corrected chi connectivity index (χ4v) is 3.08. The first kappa shape index (κ1) is 16.0. The number of carbonyl (C=O) groups excluding carboxylic acids is 1. The van der Waals surface area contributed by atoms with Crippen molar-refractivity contribution in [2.45, 2.75) is 12.5 Å². The number of aliphatic hydroxyl groups excluding tert-OH is 2. The molecule has 1 aromatic carbocycles. The Balaban J connectivity index is 1.94. The number of nitrogens with zero attached hydrogens (tertiary/aromatic N) is 1. The van der Waals surface area contributed by atoms with E-state index in [1.807, 2.05) is 0 Å². The van der Waals surface area contributed by atoms with E-state index in [9.17, 15) is 19.8 Å². The van der Waals surface area contributed by atoms with Gasteiger partial charge in [0.2, 0.25) is 5.43 Å². The maximum Gasteiger partial charge on any atom is 0.259 e. The summed E-state index contributed by atoms with van der Waals surface area (Å²) < 4.78 is 0. The number of benzene rings is 1. The number of hydrogen-bond acceptors (Lipinski definition) is 4. The number of aromatic amines is 1. The van der Waals surface area contributed by atoms with E-state index < -0.39 is 12.0 Å². The summed E-state index contributed by atoms with van der Waals surface area (Å²) in [5, 5.41) is 20.0. The van der Waals surface area contributed by atoms with Gasteiger partial charge in [-0.15, -0.1) is 0 Å². The number of rotatable bonds is 2. The summed E-state index contributed by atoms with van der Waals surface area (Å²) in [6, 6.07) is 4.82. The smallest absolute Gasteiger partial charge is 0.259 e. The van der Waals surface area contributed by atoms with E-state index in [1.54, 1.807) is 18.2 Å². The second-order valence-electron chi connectivity index (χ2n) is 5.77. The lowest BCUT2D eigenvalue weighted by atomic mass is 9.95. The minimum Gasteiger partial charge on any atom is -0.396 e. The molecule has 2 aromatic rings. The molecule has 6 nitrogen and oxygen atoms in total. The maximum absolute atomic E-state index is 12.6. The van der Waals surface area contributed by atoms with E-state index in [2.05, 4.69) is 4.98 Å². The highest BCUT2D eigenvalue weighted by Gasteiger charge is 2.31. The number of halogens is 1. The molecule has 0 aliphatic carbocycles. The molecule has 1 aliphatic heterocycles. The Labute approximate surface area is 137 Å². The normalized spacial score (nSPS) is 21.6. The van der Waals surface area contributed by atoms with Crippen LogP contribution in [0.1, 0.15) is 16.8 Å². The lowest BCUT2D eigenvalue weighted by molar-refractivity contribution is 0.00339. The zero-order valence-electron chi connectivity index (χ0n) is 12.3. The fraction of sp³-hybridized carbons (Fsp3) is 0.375. The van der Waals surface area contributed by atoms with Crippen molar-refractivity contribution in [3.63, 3.8) is 0 Å². The Kier molecular flexibility index (Phi) is 4.39. The van der Waals surface area contributed by atoms with Crippen LogP contribution in [-0.4, -0.2) is 51.8 Å². The van der Waals surface area contributed by atoms with Gasteiger partial charge in [-0.3, -0.25) is 9.59 Å². The summed E-state index contributed by atoms with van der Waals surface area (Å²) in [7, 11) is 0. The summed E-state index contributed by atoms with van der Waals surface area (Å²) >= 11 is 5.90. The highest BCUT2D eigenvalue weighted by molar-refractivity contribution is 6.31. The Morgan fingerprint density at radius 3 is 2.96 bits per heavy atom. The number of fused-ring (bicyclic) bond motifs is 1. The minimum atomic E-state index is -0.624. The molecule has 1 saturated heterocycles. The molecule has 1 fully saturated rings. The Bertz CT molecular complexity index is 804. The zero-order valence-corrected chi connectivity index (χ0v) is 13.1. The van der Waals surface area contributed by atoms with Crippen LogP contribution in [0.25, 0.3) is 10.9 Å². The molecule has 1 aliphatic rings. The predicted octanol–water partition coefficient (Wildman–Crippen LogP) is 0.997. The molecule has 0 radical (unpaired) electrons. The molecule has 1 amide bonds. The minimum absolute atomic E-state index is 0.0490. The third-order valence-electron chi connectivity index (χ3n) is 4.29. The average Bonchev–Trinajstić information content (AvgIpc) is 2.55. The third-order valence-corrected chi connectivity index (χ3v) is 4.52. The Morgan fingerprint density at radius 2 is 2.22 bits per heavy atom. The first-order valence-corrected chi connectivity index (χ1v) is 7.78. The van der Waals surface area contributed by atoms with Crippen LogP contribution in [-0.2, 0) is 0 Å². The number of hydrogen-bond donors (Lipinski definition) is 3. The van der Waals surface area contributed by atoms with Crippen LogP contribution in [0.3, 0.4) is 0 Å². The SMILES string of the molecule is O=C(c1c[nH]c2cc(Cl)ccc2c1=O)N1CC[C@H](O)[C@H](CO)C1. The predicted molar refractivity (Wildman–Crippen MR) is 86.7 cm³/mol. The van der Waals surface area contributed by atoms with Gasteiger partial charge in [0, 0.05) is 35.6 Å². The molecule has 0 saturated carbocycles. The van der Waals surface area contributed by atoms with Crippen molar-refractivity contribution < 1.29 is 15.0 Å². The van der Waals surface area contributed by atoms with Crippen molar-refractivity contribution in [3.05, 3.63) is 45.2 Å². The molecule has 0 spiro atoms. The third kappa shape index (κ3) is 2.97. The van der Waals surface area contributed by atoms with Crippen molar-refractivity contribution in [3.8, 4) is 0 Å². The number of nitrogens with one attached hydrogen (secondary N) is 1. The van der Waals surface area contributed by atoms with Crippen LogP contribution in [0.2, 0.25) is 5.02 Å². The van der Waals surface area contributed by atoms with Gasteiger partial charge in [-0.25, -0.2) is 0 Å². The van der Waals surface area contributed by atoms with Gasteiger partial charge in [0.1, 0.15) is 5.56 Å². The highest BCUT2D eigenvalue weighted by Crippen LogP contribution is 2.19. The van der Waals surface area contributed by atoms with Gasteiger partial charge in [-0.2, -0.15) is 0 Å². The number of piperidine rings is 1. The van der Waals surface area contributed by atoms with E-state index in [-0.39, 0.29) is 30.1 Å². The van der Waals surface area contributed by atoms with Gasteiger partial charge in [-0.1, -0.05) is 11.6 Å². The van der Waals surface area contributed by atoms with Gasteiger partial charge < -0.3 is 20.1 Å². The van der Waals surface area contributed by atoms with Crippen molar-refractivity contribution in [2.24, 2.45) is 5.92 Å². The summed E-state index contributed by atoms with van der Waals surface area (Å²) in [6.45, 7) is 0.390. The number of carbonyl (C=O) groups is 1. The van der Waals surface area contributed by atoms with Crippen molar-refractivity contribution in [1.82, 2.24) is 9.88 Å². The van der Waals surface area contributed by atoms with Crippen LogP contribution in [0, 0.1) is 5.92 Å². The van der Waals surface area contributed by atoms with E-state index in [1.165, 1.54) is 11.1 Å². The molecule has 3 rings (SSSR count). The van der Waals surface area contributed by atoms with Gasteiger partial charge in [0.05, 0.1) is 18.2 Å². The summed E-state index contributed by atoms with van der Waals surface area (Å²) in [4.78, 5) is 29.6. The molecular weight excluding hydrogens is 320 g/mol. The van der Waals surface area contributed by atoms with Crippen molar-refractivity contribution in [1.29, 1.82) is 0 Å². The van der Waals surface area contributed by atoms with Crippen LogP contribution < -0.4 is 5.43 Å². The molecule has 0 unspecified atom stereocenters. The molecule has 3 N–H and O–H groups in total. The fourth-order valence-electron chi connectivity index (χ4n) is 2.91. The molecular formula is C16H17ClN2O4. The second-order valence-corrected chi connectivity index (χ2v) is 6.21. The number of likely N-dealkylation sites (tertiary alicyclic amines) is 1. The number of aromatic nitrogens is 1. The van der Waals surface area contributed by atoms with Gasteiger partial charge >= 0.3 is 0 Å². The highest BCUT2D eigenvalue weighted by atomic mass is 35.5. The summed E-state index contributed by atoms with van der Waals surface area (Å²) in [6.07, 6.45) is 1.15. The maximum atomic E-state index is 12.6. The number of H-pyrrole nitrogens is 1. The Morgan fingerprint density at radius 1 is 1.43 bits per heavy atom. The lowest BCUT2D eigenvalue weighted by Crippen LogP contribution is -2.48. The lowest BCUT2D eigenvalue weighted by Gasteiger charge is -2.35. The summed E-state index contributed by atoms with van der Waals surface area (Å²) in [5.74, 6) is -0.778. The van der Waals surface area contributed by atoms with E-state index in [0.717, 1.165) is 0 Å². The molecule has 2 atom stereocenters. The van der Waals surface area contributed by atoms with E-state index in [0.29, 0.717) is 28.9 Å². The largest absolute Gasteiger partial charge is 0.396 e. The van der Waals surface area contributed by atoms with Crippen LogP contribution in [0.5, 0.6) is 0 Å². The zero-order chi connectivity index (χ0) is 16.6. The number of pyridine rings is 1. The molecule has 2 heterocycles. The molecule has 7 heteroatoms. The molecule has 23 heavy (non-hydrogen) atoms. The number of aliphatic hydroxyl groups is 2. The van der Waals surface area contributed by atoms with E-state index >= 15 is 0 Å². The van der Waals surface area contributed by atoms with Crippen molar-refractivity contribution in [2.75, 3.05) is 19.7 Å². The average molecular weight is 337 g/mol. The molecule has 1 aromatic heterocycles. The monoisotopic (exact) mass is 336 g/mol. The summed E-state index contributed by atoms with van der Waals surface area (Å²) in [5.41, 5.74) is 0.265. The Hall–Kier alpha value is -1.89. The van der Waals surface area contributed by atoms with Gasteiger partial charge in [0.15, 0.2) is 0 Å². The van der Waals surface area contributed by atoms with Gasteiger partial charge in [-0.05, 0) is 24.6 Å². The van der Waals surface area contributed by atoms with E-state index in [4.69, 9.17) is 11.6 Å². The number of amides is 1. The van der Waals surface area contributed by atoms with Crippen molar-refractivity contribution >= 4 is 28.4 Å². The topological polar surface area (TPSA) is 93.6 Å². The standard InChI is InChI=1S/C16H17ClN2O4/c17-10-1-2-11-13(5-10)18-6-12(15(11)22)16(23)19-4-3-14(21)9(7-19)8-20/h1-2,5-6,9,14,20-21H,3-4,7-8H2,(H,18,22)/t9-,14-/m0/s1. The van der Waals surface area contributed by atoms with Crippen LogP contribution >= 0.6 is 11.6 Å². The first-order valence-electron chi connectivity index (χ1n) is 7.40. The van der Waals surface area contributed by atoms with Crippen LogP contribution in [0.15, 0.2) is 29.2 Å².